The van der Waals surface area contributed by atoms with Gasteiger partial charge in [0.05, 0.1) is 14.2 Å². The Bertz CT molecular complexity index is 733. The van der Waals surface area contributed by atoms with Crippen LogP contribution in [-0.2, 0) is 11.2 Å². The van der Waals surface area contributed by atoms with Gasteiger partial charge in [0, 0.05) is 11.0 Å². The number of aryl methyl sites for hydroxylation is 1. The number of hydrogen-bond donors (Lipinski definition) is 1. The second-order valence-electron chi connectivity index (χ2n) is 5.49. The third kappa shape index (κ3) is 5.67. The maximum Gasteiger partial charge on any atom is 0.257 e. The van der Waals surface area contributed by atoms with Gasteiger partial charge in [-0.1, -0.05) is 22.0 Å². The van der Waals surface area contributed by atoms with Gasteiger partial charge in [0.15, 0.2) is 18.1 Å². The van der Waals surface area contributed by atoms with Crippen LogP contribution in [0.2, 0.25) is 0 Å². The lowest BCUT2D eigenvalue weighted by molar-refractivity contribution is -0.123. The van der Waals surface area contributed by atoms with Crippen LogP contribution in [0.4, 0.5) is 0 Å². The number of carbonyl (C=O) groups excluding carboxylic acids is 1. The van der Waals surface area contributed by atoms with Gasteiger partial charge in [-0.05, 0) is 54.8 Å². The number of methoxy groups -OCH3 is 2. The van der Waals surface area contributed by atoms with Crippen LogP contribution in [0.15, 0.2) is 40.9 Å². The van der Waals surface area contributed by atoms with E-state index in [1.165, 1.54) is 0 Å². The Labute approximate surface area is 156 Å². The summed E-state index contributed by atoms with van der Waals surface area (Å²) in [5, 5.41) is 2.85. The molecule has 2 rings (SSSR count). The quantitative estimate of drug-likeness (QED) is 0.727. The van der Waals surface area contributed by atoms with Crippen molar-refractivity contribution < 1.29 is 19.0 Å². The van der Waals surface area contributed by atoms with Gasteiger partial charge in [-0.25, -0.2) is 0 Å². The molecule has 0 aliphatic rings. The van der Waals surface area contributed by atoms with Crippen molar-refractivity contribution in [2.24, 2.45) is 0 Å². The van der Waals surface area contributed by atoms with Gasteiger partial charge in [-0.3, -0.25) is 4.79 Å². The third-order valence-electron chi connectivity index (χ3n) is 3.68. The Kier molecular flexibility index (Phi) is 7.13. The molecule has 5 nitrogen and oxygen atoms in total. The molecule has 134 valence electrons. The van der Waals surface area contributed by atoms with Crippen molar-refractivity contribution in [3.8, 4) is 17.2 Å². The minimum Gasteiger partial charge on any atom is -0.493 e. The first-order chi connectivity index (χ1) is 12.0. The molecule has 0 radical (unpaired) electrons. The van der Waals surface area contributed by atoms with E-state index >= 15 is 0 Å². The minimum absolute atomic E-state index is 0.00694. The molecule has 0 fully saturated rings. The molecule has 0 saturated carbocycles. The molecule has 1 N–H and O–H groups in total. The van der Waals surface area contributed by atoms with E-state index in [2.05, 4.69) is 21.2 Å². The van der Waals surface area contributed by atoms with Gasteiger partial charge in [0.2, 0.25) is 0 Å². The molecule has 0 aliphatic heterocycles. The van der Waals surface area contributed by atoms with Crippen molar-refractivity contribution in [2.75, 3.05) is 27.4 Å². The monoisotopic (exact) mass is 407 g/mol. The molecule has 1 amide bonds. The minimum atomic E-state index is -0.152. The summed E-state index contributed by atoms with van der Waals surface area (Å²) in [5.41, 5.74) is 2.12. The largest absolute Gasteiger partial charge is 0.493 e. The molecule has 0 unspecified atom stereocenters. The Morgan fingerprint density at radius 1 is 1.08 bits per heavy atom. The highest BCUT2D eigenvalue weighted by Crippen LogP contribution is 2.27. The zero-order valence-corrected chi connectivity index (χ0v) is 16.2. The highest BCUT2D eigenvalue weighted by atomic mass is 79.9. The van der Waals surface area contributed by atoms with Crippen molar-refractivity contribution in [1.29, 1.82) is 0 Å². The molecule has 0 atom stereocenters. The molecule has 2 aromatic rings. The zero-order chi connectivity index (χ0) is 18.2. The van der Waals surface area contributed by atoms with Crippen molar-refractivity contribution in [3.05, 3.63) is 52.0 Å². The molecule has 2 aromatic carbocycles. The lowest BCUT2D eigenvalue weighted by Crippen LogP contribution is -2.30. The van der Waals surface area contributed by atoms with Gasteiger partial charge in [0.1, 0.15) is 5.75 Å². The summed E-state index contributed by atoms with van der Waals surface area (Å²) >= 11 is 3.43. The summed E-state index contributed by atoms with van der Waals surface area (Å²) in [4.78, 5) is 11.9. The van der Waals surface area contributed by atoms with E-state index in [0.717, 1.165) is 15.6 Å². The normalized spacial score (nSPS) is 10.2. The number of ether oxygens (including phenoxy) is 3. The van der Waals surface area contributed by atoms with Gasteiger partial charge >= 0.3 is 0 Å². The zero-order valence-electron chi connectivity index (χ0n) is 14.6. The lowest BCUT2D eigenvalue weighted by atomic mass is 10.1. The number of benzene rings is 2. The highest BCUT2D eigenvalue weighted by molar-refractivity contribution is 9.10. The summed E-state index contributed by atoms with van der Waals surface area (Å²) in [6.45, 7) is 2.49. The SMILES string of the molecule is COc1ccc(CCNC(=O)COc2ccc(Br)c(C)c2)cc1OC. The summed E-state index contributed by atoms with van der Waals surface area (Å²) < 4.78 is 17.0. The molecule has 0 aromatic heterocycles. The van der Waals surface area contributed by atoms with Crippen molar-refractivity contribution in [1.82, 2.24) is 5.32 Å². The average molecular weight is 408 g/mol. The molecule has 25 heavy (non-hydrogen) atoms. The van der Waals surface area contributed by atoms with Gasteiger partial charge in [-0.2, -0.15) is 0 Å². The first-order valence-corrected chi connectivity index (χ1v) is 8.69. The molecule has 6 heteroatoms. The third-order valence-corrected chi connectivity index (χ3v) is 4.57. The summed E-state index contributed by atoms with van der Waals surface area (Å²) in [6.07, 6.45) is 0.698. The molecular weight excluding hydrogens is 386 g/mol. The van der Waals surface area contributed by atoms with Crippen LogP contribution in [-0.4, -0.2) is 33.3 Å². The highest BCUT2D eigenvalue weighted by Gasteiger charge is 2.06. The van der Waals surface area contributed by atoms with E-state index in [9.17, 15) is 4.79 Å². The van der Waals surface area contributed by atoms with Crippen LogP contribution in [0.5, 0.6) is 17.2 Å². The maximum absolute atomic E-state index is 11.9. The average Bonchev–Trinajstić information content (AvgIpc) is 2.62. The van der Waals surface area contributed by atoms with E-state index in [-0.39, 0.29) is 12.5 Å². The van der Waals surface area contributed by atoms with Crippen molar-refractivity contribution in [3.63, 3.8) is 0 Å². The van der Waals surface area contributed by atoms with Crippen LogP contribution in [0.1, 0.15) is 11.1 Å². The Morgan fingerprint density at radius 3 is 2.52 bits per heavy atom. The fraction of sp³-hybridized carbons (Fsp3) is 0.316. The number of nitrogens with one attached hydrogen (secondary N) is 1. The summed E-state index contributed by atoms with van der Waals surface area (Å²) in [5.74, 6) is 1.89. The number of rotatable bonds is 8. The van der Waals surface area contributed by atoms with E-state index in [1.54, 1.807) is 14.2 Å². The molecule has 0 saturated heterocycles. The van der Waals surface area contributed by atoms with Gasteiger partial charge in [-0.15, -0.1) is 0 Å². The predicted octanol–water partition coefficient (Wildman–Crippen LogP) is 3.51. The predicted molar refractivity (Wildman–Crippen MR) is 101 cm³/mol. The van der Waals surface area contributed by atoms with E-state index in [0.29, 0.717) is 30.2 Å². The standard InChI is InChI=1S/C19H22BrNO4/c1-13-10-15(5-6-16(13)20)25-12-19(22)21-9-8-14-4-7-17(23-2)18(11-14)24-3/h4-7,10-11H,8-9,12H2,1-3H3,(H,21,22). The number of carbonyl (C=O) groups is 1. The smallest absolute Gasteiger partial charge is 0.257 e. The number of hydrogen-bond acceptors (Lipinski definition) is 4. The summed E-state index contributed by atoms with van der Waals surface area (Å²) in [6, 6.07) is 11.3. The van der Waals surface area contributed by atoms with Crippen LogP contribution in [0.25, 0.3) is 0 Å². The van der Waals surface area contributed by atoms with Crippen LogP contribution >= 0.6 is 15.9 Å². The Morgan fingerprint density at radius 2 is 1.84 bits per heavy atom. The Balaban J connectivity index is 1.77. The molecule has 0 spiro atoms. The topological polar surface area (TPSA) is 56.8 Å². The fourth-order valence-electron chi connectivity index (χ4n) is 2.29. The lowest BCUT2D eigenvalue weighted by Gasteiger charge is -2.11. The molecule has 0 aliphatic carbocycles. The number of halogens is 1. The van der Waals surface area contributed by atoms with E-state index in [4.69, 9.17) is 14.2 Å². The van der Waals surface area contributed by atoms with Gasteiger partial charge in [0.25, 0.3) is 5.91 Å². The Hall–Kier alpha value is -2.21. The van der Waals surface area contributed by atoms with E-state index < -0.39 is 0 Å². The van der Waals surface area contributed by atoms with Crippen LogP contribution in [0, 0.1) is 6.92 Å². The van der Waals surface area contributed by atoms with Crippen LogP contribution < -0.4 is 19.5 Å². The maximum atomic E-state index is 11.9. The number of amides is 1. The molecule has 0 heterocycles. The van der Waals surface area contributed by atoms with Crippen molar-refractivity contribution >= 4 is 21.8 Å². The molecular formula is C19H22BrNO4. The van der Waals surface area contributed by atoms with E-state index in [1.807, 2.05) is 43.3 Å². The second-order valence-corrected chi connectivity index (χ2v) is 6.34. The van der Waals surface area contributed by atoms with Crippen molar-refractivity contribution in [2.45, 2.75) is 13.3 Å². The fourth-order valence-corrected chi connectivity index (χ4v) is 2.54. The second kappa shape index (κ2) is 9.32. The van der Waals surface area contributed by atoms with Crippen LogP contribution in [0.3, 0.4) is 0 Å². The molecule has 0 bridgehead atoms. The van der Waals surface area contributed by atoms with Gasteiger partial charge < -0.3 is 19.5 Å². The summed E-state index contributed by atoms with van der Waals surface area (Å²) in [7, 11) is 3.20. The first-order valence-electron chi connectivity index (χ1n) is 7.90. The first kappa shape index (κ1) is 19.1.